The fourth-order valence-corrected chi connectivity index (χ4v) is 7.82. The van der Waals surface area contributed by atoms with E-state index in [1.54, 1.807) is 6.07 Å². The smallest absolute Gasteiger partial charge is 0.369 e. The van der Waals surface area contributed by atoms with E-state index in [1.807, 2.05) is 28.9 Å². The standard InChI is InChI=1S/C29H32F3N7O2S2/c1-2-17-13-19(38-9-7-37(8-10-38)16-24(33)40)5-6-21(17)35-28-34-15-20(29(30,31)32)25(36-28)22-14-23-26(43-22)27(41)39(11-12-42-23)18-3-4-18/h5-6,13-15,18H,2-4,7-12,16H2,1H3,(H2,33,40)(H,34,35,36). The first-order valence-electron chi connectivity index (χ1n) is 14.3. The average molecular weight is 632 g/mol. The lowest BCUT2D eigenvalue weighted by atomic mass is 10.1. The second-order valence-corrected chi connectivity index (χ2v) is 13.1. The predicted molar refractivity (Wildman–Crippen MR) is 162 cm³/mol. The molecule has 2 aromatic heterocycles. The molecule has 1 aliphatic carbocycles. The van der Waals surface area contributed by atoms with Crippen LogP contribution >= 0.6 is 23.1 Å². The molecular weight excluding hydrogens is 599 g/mol. The van der Waals surface area contributed by atoms with Gasteiger partial charge in [0.1, 0.15) is 10.4 Å². The fourth-order valence-electron chi connectivity index (χ4n) is 5.50. The average Bonchev–Trinajstić information content (AvgIpc) is 3.75. The zero-order chi connectivity index (χ0) is 30.3. The number of amides is 2. The van der Waals surface area contributed by atoms with Crippen LogP contribution in [0.1, 0.15) is 40.6 Å². The molecule has 0 spiro atoms. The van der Waals surface area contributed by atoms with Crippen LogP contribution in [-0.2, 0) is 17.4 Å². The summed E-state index contributed by atoms with van der Waals surface area (Å²) in [6.45, 7) is 5.84. The monoisotopic (exact) mass is 631 g/mol. The first kappa shape index (κ1) is 29.7. The minimum absolute atomic E-state index is 0.0488. The van der Waals surface area contributed by atoms with Crippen molar-refractivity contribution in [1.82, 2.24) is 19.8 Å². The number of nitrogens with two attached hydrogens (primary N) is 1. The zero-order valence-corrected chi connectivity index (χ0v) is 25.2. The molecule has 2 amide bonds. The number of hydrogen-bond donors (Lipinski definition) is 2. The lowest BCUT2D eigenvalue weighted by Gasteiger charge is -2.35. The number of piperazine rings is 1. The van der Waals surface area contributed by atoms with Gasteiger partial charge >= 0.3 is 6.18 Å². The molecule has 6 rings (SSSR count). The highest BCUT2D eigenvalue weighted by Gasteiger charge is 2.39. The minimum Gasteiger partial charge on any atom is -0.369 e. The van der Waals surface area contributed by atoms with Gasteiger partial charge in [0, 0.05) is 67.0 Å². The highest BCUT2D eigenvalue weighted by molar-refractivity contribution is 7.99. The van der Waals surface area contributed by atoms with Crippen LogP contribution < -0.4 is 16.0 Å². The fraction of sp³-hybridized carbons (Fsp3) is 0.448. The van der Waals surface area contributed by atoms with Gasteiger partial charge in [-0.05, 0) is 49.1 Å². The van der Waals surface area contributed by atoms with Crippen LogP contribution in [0.25, 0.3) is 10.6 Å². The maximum absolute atomic E-state index is 14.1. The summed E-state index contributed by atoms with van der Waals surface area (Å²) in [5.41, 5.74) is 6.85. The Morgan fingerprint density at radius 1 is 1.14 bits per heavy atom. The molecule has 0 unspecified atom stereocenters. The third kappa shape index (κ3) is 6.46. The first-order chi connectivity index (χ1) is 20.6. The van der Waals surface area contributed by atoms with Gasteiger partial charge in [0.15, 0.2) is 0 Å². The SMILES string of the molecule is CCc1cc(N2CCN(CC(N)=O)CC2)ccc1Nc1ncc(C(F)(F)F)c(-c2cc3c(s2)C(=O)N(C2CC2)CCS3)n1. The van der Waals surface area contributed by atoms with Crippen molar-refractivity contribution in [2.75, 3.05) is 55.2 Å². The number of alkyl halides is 3. The van der Waals surface area contributed by atoms with Crippen LogP contribution in [0.4, 0.5) is 30.5 Å². The summed E-state index contributed by atoms with van der Waals surface area (Å²) in [6.07, 6.45) is -1.23. The lowest BCUT2D eigenvalue weighted by molar-refractivity contribution is -0.137. The van der Waals surface area contributed by atoms with Crippen LogP contribution in [0.3, 0.4) is 0 Å². The Morgan fingerprint density at radius 2 is 1.91 bits per heavy atom. The number of hydrogen-bond acceptors (Lipinski definition) is 9. The van der Waals surface area contributed by atoms with Crippen LogP contribution in [0.15, 0.2) is 35.4 Å². The van der Waals surface area contributed by atoms with E-state index in [-0.39, 0.29) is 36.0 Å². The van der Waals surface area contributed by atoms with Crippen molar-refractivity contribution in [1.29, 1.82) is 0 Å². The van der Waals surface area contributed by atoms with Gasteiger partial charge < -0.3 is 20.9 Å². The van der Waals surface area contributed by atoms with Crippen LogP contribution in [0, 0.1) is 0 Å². The summed E-state index contributed by atoms with van der Waals surface area (Å²) in [7, 11) is 0. The topological polar surface area (TPSA) is 108 Å². The number of carbonyl (C=O) groups excluding carboxylic acids is 2. The predicted octanol–water partition coefficient (Wildman–Crippen LogP) is 4.85. The van der Waals surface area contributed by atoms with Crippen LogP contribution in [0.5, 0.6) is 0 Å². The molecule has 3 N–H and O–H groups in total. The molecule has 43 heavy (non-hydrogen) atoms. The molecule has 0 radical (unpaired) electrons. The number of fused-ring (bicyclic) bond motifs is 1. The quantitative estimate of drug-likeness (QED) is 0.364. The molecule has 2 fully saturated rings. The number of thioether (sulfide) groups is 1. The Labute approximate surface area is 255 Å². The Morgan fingerprint density at radius 3 is 2.58 bits per heavy atom. The number of thiophene rings is 1. The van der Waals surface area contributed by atoms with Gasteiger partial charge in [0.05, 0.1) is 17.1 Å². The largest absolute Gasteiger partial charge is 0.420 e. The van der Waals surface area contributed by atoms with Crippen molar-refractivity contribution in [3.8, 4) is 10.6 Å². The summed E-state index contributed by atoms with van der Waals surface area (Å²) in [6, 6.07) is 7.80. The van der Waals surface area contributed by atoms with E-state index < -0.39 is 11.7 Å². The second kappa shape index (κ2) is 12.0. The number of aromatic nitrogens is 2. The third-order valence-electron chi connectivity index (χ3n) is 7.89. The normalized spacial score (nSPS) is 18.0. The number of nitrogens with one attached hydrogen (secondary N) is 1. The highest BCUT2D eigenvalue weighted by atomic mass is 32.2. The van der Waals surface area contributed by atoms with E-state index in [1.165, 1.54) is 11.8 Å². The Bertz CT molecular complexity index is 1530. The number of rotatable bonds is 8. The minimum atomic E-state index is -4.66. The second-order valence-electron chi connectivity index (χ2n) is 10.9. The summed E-state index contributed by atoms with van der Waals surface area (Å²) in [5, 5.41) is 3.14. The third-order valence-corrected chi connectivity index (χ3v) is 10.2. The van der Waals surface area contributed by atoms with E-state index >= 15 is 0 Å². The molecular formula is C29H32F3N7O2S2. The molecule has 1 aromatic carbocycles. The van der Waals surface area contributed by atoms with Crippen molar-refractivity contribution in [2.24, 2.45) is 5.73 Å². The maximum atomic E-state index is 14.1. The van der Waals surface area contributed by atoms with Crippen molar-refractivity contribution in [2.45, 2.75) is 43.3 Å². The summed E-state index contributed by atoms with van der Waals surface area (Å²) >= 11 is 2.57. The molecule has 0 atom stereocenters. The molecule has 0 bridgehead atoms. The number of halogens is 3. The molecule has 14 heteroatoms. The number of nitrogens with zero attached hydrogens (tertiary/aromatic N) is 5. The Hall–Kier alpha value is -3.36. The van der Waals surface area contributed by atoms with Gasteiger partial charge in [0.25, 0.3) is 5.91 Å². The van der Waals surface area contributed by atoms with Gasteiger partial charge in [-0.1, -0.05) is 6.92 Å². The zero-order valence-electron chi connectivity index (χ0n) is 23.6. The number of carbonyl (C=O) groups is 2. The van der Waals surface area contributed by atoms with Crippen LogP contribution in [-0.4, -0.2) is 82.6 Å². The van der Waals surface area contributed by atoms with Gasteiger partial charge in [0.2, 0.25) is 11.9 Å². The van der Waals surface area contributed by atoms with Crippen molar-refractivity contribution in [3.05, 3.63) is 46.5 Å². The van der Waals surface area contributed by atoms with Gasteiger partial charge in [-0.2, -0.15) is 13.2 Å². The molecule has 1 saturated heterocycles. The Kier molecular flexibility index (Phi) is 8.26. The first-order valence-corrected chi connectivity index (χ1v) is 16.1. The lowest BCUT2D eigenvalue weighted by Crippen LogP contribution is -2.48. The number of anilines is 3. The van der Waals surface area contributed by atoms with Gasteiger partial charge in [-0.15, -0.1) is 23.1 Å². The van der Waals surface area contributed by atoms with Gasteiger partial charge in [-0.25, -0.2) is 9.97 Å². The molecule has 4 heterocycles. The van der Waals surface area contributed by atoms with Gasteiger partial charge in [-0.3, -0.25) is 14.5 Å². The van der Waals surface area contributed by atoms with E-state index in [2.05, 4.69) is 26.3 Å². The molecule has 228 valence electrons. The molecule has 3 aliphatic rings. The van der Waals surface area contributed by atoms with E-state index in [4.69, 9.17) is 5.73 Å². The maximum Gasteiger partial charge on any atom is 0.420 e. The van der Waals surface area contributed by atoms with E-state index in [9.17, 15) is 22.8 Å². The van der Waals surface area contributed by atoms with Crippen molar-refractivity contribution < 1.29 is 22.8 Å². The molecule has 1 saturated carbocycles. The van der Waals surface area contributed by atoms with E-state index in [0.29, 0.717) is 39.1 Å². The highest BCUT2D eigenvalue weighted by Crippen LogP contribution is 2.44. The molecule has 3 aromatic rings. The number of benzene rings is 1. The molecule has 2 aliphatic heterocycles. The Balaban J connectivity index is 1.26. The summed E-state index contributed by atoms with van der Waals surface area (Å²) < 4.78 is 42.3. The van der Waals surface area contributed by atoms with E-state index in [0.717, 1.165) is 67.8 Å². The number of primary amides is 1. The van der Waals surface area contributed by atoms with Crippen LogP contribution in [0.2, 0.25) is 0 Å². The van der Waals surface area contributed by atoms with Crippen molar-refractivity contribution >= 4 is 52.2 Å². The summed E-state index contributed by atoms with van der Waals surface area (Å²) in [4.78, 5) is 40.5. The number of aryl methyl sites for hydroxylation is 1. The molecule has 9 nitrogen and oxygen atoms in total. The van der Waals surface area contributed by atoms with Crippen molar-refractivity contribution in [3.63, 3.8) is 0 Å². The summed E-state index contributed by atoms with van der Waals surface area (Å²) in [5.74, 6) is 0.300.